The van der Waals surface area contributed by atoms with Crippen LogP contribution in [0.4, 0.5) is 14.5 Å². The lowest BCUT2D eigenvalue weighted by Crippen LogP contribution is -2.25. The van der Waals surface area contributed by atoms with Gasteiger partial charge in [0.2, 0.25) is 15.9 Å². The van der Waals surface area contributed by atoms with E-state index in [9.17, 15) is 22.0 Å². The molecule has 3 aromatic heterocycles. The van der Waals surface area contributed by atoms with Crippen molar-refractivity contribution in [1.29, 1.82) is 0 Å². The van der Waals surface area contributed by atoms with E-state index < -0.39 is 27.6 Å². The number of hydrogen-bond acceptors (Lipinski definition) is 6. The number of oxazole rings is 1. The number of aromatic nitrogens is 2. The fraction of sp³-hybridized carbons (Fsp3) is 0.133. The number of furan rings is 1. The molecule has 9 nitrogen and oxygen atoms in total. The number of nitrogens with one attached hydrogen (secondary N) is 1. The van der Waals surface area contributed by atoms with Crippen molar-refractivity contribution in [2.75, 3.05) is 24.7 Å². The van der Waals surface area contributed by atoms with Gasteiger partial charge in [-0.15, -0.1) is 0 Å². The SMILES string of the molecule is CNC(=O)c1c(-c2ccc(F)cc2)oc2cc(N(C)S(C)(=O)=O)c(-c3cc(-c4nc5c(F)cccc5o4)n(C)c3)cc12. The van der Waals surface area contributed by atoms with E-state index in [0.717, 1.165) is 10.6 Å². The highest BCUT2D eigenvalue weighted by molar-refractivity contribution is 7.92. The van der Waals surface area contributed by atoms with E-state index in [-0.39, 0.29) is 39.6 Å². The molecule has 6 rings (SSSR count). The van der Waals surface area contributed by atoms with E-state index in [0.29, 0.717) is 27.8 Å². The standard InChI is InChI=1S/C30H24F2N4O5S/c1-33-29(37)26-20-13-19(17-12-23(35(2)15-17)30-34-27-21(32)6-5-7-24(27)41-30)22(36(3)42(4,38)39)14-25(20)40-28(26)16-8-10-18(31)11-9-16/h5-15H,1-4H3,(H,33,37). The number of fused-ring (bicyclic) bond motifs is 2. The van der Waals surface area contributed by atoms with Gasteiger partial charge in [0.1, 0.15) is 28.4 Å². The van der Waals surface area contributed by atoms with Gasteiger partial charge in [0.05, 0.1) is 17.5 Å². The van der Waals surface area contributed by atoms with E-state index >= 15 is 0 Å². The molecule has 42 heavy (non-hydrogen) atoms. The number of para-hydroxylation sites is 1. The molecule has 6 aromatic rings. The van der Waals surface area contributed by atoms with Crippen molar-refractivity contribution in [1.82, 2.24) is 14.9 Å². The highest BCUT2D eigenvalue weighted by atomic mass is 32.2. The molecule has 0 aliphatic carbocycles. The van der Waals surface area contributed by atoms with Gasteiger partial charge in [0, 0.05) is 55.5 Å². The smallest absolute Gasteiger partial charge is 0.255 e. The Morgan fingerprint density at radius 2 is 1.74 bits per heavy atom. The largest absolute Gasteiger partial charge is 0.455 e. The van der Waals surface area contributed by atoms with Gasteiger partial charge in [0.25, 0.3) is 5.91 Å². The van der Waals surface area contributed by atoms with Crippen LogP contribution in [0.5, 0.6) is 0 Å². The number of halogens is 2. The van der Waals surface area contributed by atoms with Crippen molar-refractivity contribution in [3.8, 4) is 34.0 Å². The van der Waals surface area contributed by atoms with Crippen LogP contribution >= 0.6 is 0 Å². The van der Waals surface area contributed by atoms with Crippen molar-refractivity contribution in [3.63, 3.8) is 0 Å². The van der Waals surface area contributed by atoms with Gasteiger partial charge in [-0.1, -0.05) is 6.07 Å². The lowest BCUT2D eigenvalue weighted by molar-refractivity contribution is 0.0964. The summed E-state index contributed by atoms with van der Waals surface area (Å²) in [5, 5.41) is 3.04. The number of anilines is 1. The van der Waals surface area contributed by atoms with E-state index in [4.69, 9.17) is 8.83 Å². The van der Waals surface area contributed by atoms with Gasteiger partial charge in [-0.3, -0.25) is 9.10 Å². The molecule has 3 aromatic carbocycles. The van der Waals surface area contributed by atoms with E-state index in [2.05, 4.69) is 10.3 Å². The van der Waals surface area contributed by atoms with Crippen LogP contribution in [-0.4, -0.2) is 44.2 Å². The average Bonchev–Trinajstić information content (AvgIpc) is 3.66. The van der Waals surface area contributed by atoms with Crippen molar-refractivity contribution in [2.45, 2.75) is 0 Å². The van der Waals surface area contributed by atoms with E-state index in [1.54, 1.807) is 42.1 Å². The molecule has 0 aliphatic rings. The van der Waals surface area contributed by atoms with Crippen LogP contribution in [0.25, 0.3) is 56.1 Å². The first kappa shape index (κ1) is 27.2. The molecule has 1 N–H and O–H groups in total. The highest BCUT2D eigenvalue weighted by Crippen LogP contribution is 2.42. The molecular weight excluding hydrogens is 566 g/mol. The minimum absolute atomic E-state index is 0.0936. The first-order chi connectivity index (χ1) is 20.0. The summed E-state index contributed by atoms with van der Waals surface area (Å²) in [6.07, 6.45) is 2.83. The minimum Gasteiger partial charge on any atom is -0.455 e. The molecule has 0 spiro atoms. The number of carbonyl (C=O) groups is 1. The molecule has 0 saturated carbocycles. The van der Waals surface area contributed by atoms with Gasteiger partial charge >= 0.3 is 0 Å². The molecule has 0 fully saturated rings. The Morgan fingerprint density at radius 3 is 2.40 bits per heavy atom. The highest BCUT2D eigenvalue weighted by Gasteiger charge is 2.27. The van der Waals surface area contributed by atoms with Crippen LogP contribution in [0, 0.1) is 11.6 Å². The first-order valence-corrected chi connectivity index (χ1v) is 14.6. The third-order valence-electron chi connectivity index (χ3n) is 7.11. The normalized spacial score (nSPS) is 11.9. The fourth-order valence-electron chi connectivity index (χ4n) is 4.91. The molecule has 12 heteroatoms. The van der Waals surface area contributed by atoms with Gasteiger partial charge in [0.15, 0.2) is 11.4 Å². The molecule has 1 amide bonds. The van der Waals surface area contributed by atoms with Crippen LogP contribution in [0.2, 0.25) is 0 Å². The zero-order valence-corrected chi connectivity index (χ0v) is 23.7. The van der Waals surface area contributed by atoms with Crippen molar-refractivity contribution < 1.29 is 30.8 Å². The summed E-state index contributed by atoms with van der Waals surface area (Å²) in [7, 11) is 0.925. The Bertz CT molecular complexity index is 2130. The summed E-state index contributed by atoms with van der Waals surface area (Å²) in [6.45, 7) is 0. The zero-order chi connectivity index (χ0) is 29.9. The second-order valence-corrected chi connectivity index (χ2v) is 11.8. The van der Waals surface area contributed by atoms with Gasteiger partial charge in [-0.05, 0) is 48.5 Å². The van der Waals surface area contributed by atoms with Crippen LogP contribution in [-0.2, 0) is 17.1 Å². The summed E-state index contributed by atoms with van der Waals surface area (Å²) in [5.41, 5.74) is 3.16. The predicted molar refractivity (Wildman–Crippen MR) is 156 cm³/mol. The fourth-order valence-corrected chi connectivity index (χ4v) is 5.41. The predicted octanol–water partition coefficient (Wildman–Crippen LogP) is 5.95. The number of rotatable bonds is 6. The Hall–Kier alpha value is -4.97. The molecule has 0 radical (unpaired) electrons. The first-order valence-electron chi connectivity index (χ1n) is 12.7. The van der Waals surface area contributed by atoms with Crippen LogP contribution in [0.15, 0.2) is 75.7 Å². The molecular formula is C30H24F2N4O5S. The third kappa shape index (κ3) is 4.49. The maximum absolute atomic E-state index is 14.3. The average molecular weight is 591 g/mol. The number of aryl methyl sites for hydroxylation is 1. The minimum atomic E-state index is -3.72. The molecule has 3 heterocycles. The Labute approximate surface area is 239 Å². The van der Waals surface area contributed by atoms with E-state index in [1.165, 1.54) is 50.5 Å². The molecule has 214 valence electrons. The van der Waals surface area contributed by atoms with Crippen LogP contribution in [0.1, 0.15) is 10.4 Å². The number of amides is 1. The number of carbonyl (C=O) groups excluding carboxylic acids is 1. The monoisotopic (exact) mass is 590 g/mol. The lowest BCUT2D eigenvalue weighted by atomic mass is 9.99. The summed E-state index contributed by atoms with van der Waals surface area (Å²) < 4.78 is 68.1. The van der Waals surface area contributed by atoms with E-state index in [1.807, 2.05) is 0 Å². The van der Waals surface area contributed by atoms with Gasteiger partial charge < -0.3 is 18.7 Å². The second kappa shape index (κ2) is 9.84. The van der Waals surface area contributed by atoms with Crippen LogP contribution < -0.4 is 9.62 Å². The molecule has 0 unspecified atom stereocenters. The molecule has 0 aliphatic heterocycles. The number of nitrogens with zero attached hydrogens (tertiary/aromatic N) is 3. The number of benzene rings is 3. The molecule has 0 bridgehead atoms. The summed E-state index contributed by atoms with van der Waals surface area (Å²) in [6, 6.07) is 14.9. The van der Waals surface area contributed by atoms with Crippen LogP contribution in [0.3, 0.4) is 0 Å². The van der Waals surface area contributed by atoms with Crippen molar-refractivity contribution >= 4 is 43.7 Å². The molecule has 0 saturated heterocycles. The topological polar surface area (TPSA) is 111 Å². The summed E-state index contributed by atoms with van der Waals surface area (Å²) in [5.74, 6) is -1.02. The number of hydrogen-bond donors (Lipinski definition) is 1. The zero-order valence-electron chi connectivity index (χ0n) is 22.9. The Morgan fingerprint density at radius 1 is 1.00 bits per heavy atom. The lowest BCUT2D eigenvalue weighted by Gasteiger charge is -2.20. The van der Waals surface area contributed by atoms with Crippen molar-refractivity contribution in [2.24, 2.45) is 7.05 Å². The summed E-state index contributed by atoms with van der Waals surface area (Å²) in [4.78, 5) is 17.4. The maximum Gasteiger partial charge on any atom is 0.255 e. The third-order valence-corrected chi connectivity index (χ3v) is 8.30. The van der Waals surface area contributed by atoms with Gasteiger partial charge in [-0.2, -0.15) is 0 Å². The molecule has 0 atom stereocenters. The van der Waals surface area contributed by atoms with Crippen molar-refractivity contribution in [3.05, 3.63) is 84.1 Å². The quantitative estimate of drug-likeness (QED) is 0.257. The summed E-state index contributed by atoms with van der Waals surface area (Å²) >= 11 is 0. The van der Waals surface area contributed by atoms with Gasteiger partial charge in [-0.25, -0.2) is 22.2 Å². The Balaban J connectivity index is 1.61. The second-order valence-electron chi connectivity index (χ2n) is 9.82. The Kier molecular flexibility index (Phi) is 6.38. The number of sulfonamides is 1. The maximum atomic E-state index is 14.3.